The first-order valence-corrected chi connectivity index (χ1v) is 23.9. The zero-order chi connectivity index (χ0) is 36.7. The fourth-order valence-corrected chi connectivity index (χ4v) is 6.71. The molecule has 0 unspecified atom stereocenters. The monoisotopic (exact) mass is 828 g/mol. The molecule has 0 bridgehead atoms. The summed E-state index contributed by atoms with van der Waals surface area (Å²) in [6.45, 7) is 0. The number of benzene rings is 6. The Morgan fingerprint density at radius 3 is 1.60 bits per heavy atom. The van der Waals surface area contributed by atoms with Crippen LogP contribution in [0.3, 0.4) is 0 Å². The third kappa shape index (κ3) is 7.10. The summed E-state index contributed by atoms with van der Waals surface area (Å²) >= 11 is 10.6. The number of rotatable bonds is 3. The molecule has 0 saturated heterocycles. The molecular weight excluding hydrogens is 801 g/mol. The van der Waals surface area contributed by atoms with Crippen molar-refractivity contribution in [1.29, 1.82) is 0 Å². The van der Waals surface area contributed by atoms with Gasteiger partial charge in [0, 0.05) is 38.5 Å². The van der Waals surface area contributed by atoms with Crippen molar-refractivity contribution in [2.75, 3.05) is 14.2 Å². The first-order valence-electron chi connectivity index (χ1n) is 16.6. The number of aromatic nitrogens is 2. The number of halogens is 2. The molecule has 0 radical (unpaired) electrons. The summed E-state index contributed by atoms with van der Waals surface area (Å²) in [7, 11) is 3.27. The molecule has 0 amide bonds. The van der Waals surface area contributed by atoms with Crippen molar-refractivity contribution >= 4 is 90.6 Å². The average Bonchev–Trinajstić information content (AvgIpc) is 3.82. The first-order chi connectivity index (χ1) is 26.2. The van der Waals surface area contributed by atoms with Gasteiger partial charge in [-0.25, -0.2) is 0 Å². The maximum Gasteiger partial charge on any atom is -0.0813 e. The molecule has 53 heavy (non-hydrogen) atoms. The predicted octanol–water partition coefficient (Wildman–Crippen LogP) is 12.9. The van der Waals surface area contributed by atoms with Gasteiger partial charge in [0.1, 0.15) is 33.3 Å². The van der Waals surface area contributed by atoms with E-state index in [1.807, 2.05) is 72.8 Å². The first kappa shape index (κ1) is 36.1. The van der Waals surface area contributed by atoms with Crippen LogP contribution < -0.4 is 9.47 Å². The standard InChI is InChI=1S/C22H15NO2.C17H11ClO2.C5H4N.BrH.Zn/c1-24-19-12-11-17-16-10-9-14-6-2-3-7-15(14)21(16)25-22(17)20(19)18-8-4-5-13-23-18;1-19-14-9-8-13-12-7-6-10-4-2-3-5-11(10)16(12)20-17(13)15(14)18;1-2-4-6-5-3-1;;/h2-13H,1H3;2-9H,1H3;1-4H;1H;/q;;-1;;+2/p-1. The largest absolute Gasteiger partial charge is 0.394 e. The minimum absolute atomic E-state index is 0.519. The van der Waals surface area contributed by atoms with Gasteiger partial charge >= 0.3 is 30.0 Å². The normalized spacial score (nSPS) is 10.8. The quantitative estimate of drug-likeness (QED) is 0.130. The Bertz CT molecular complexity index is 2780. The summed E-state index contributed by atoms with van der Waals surface area (Å²) in [5, 5.41) is 9.31. The third-order valence-electron chi connectivity index (χ3n) is 8.81. The van der Waals surface area contributed by atoms with Gasteiger partial charge in [0.15, 0.2) is 5.58 Å². The minimum Gasteiger partial charge on any atom is -0.394 e. The van der Waals surface area contributed by atoms with Crippen molar-refractivity contribution in [3.8, 4) is 22.8 Å². The fourth-order valence-electron chi connectivity index (χ4n) is 6.43. The smallest absolute Gasteiger partial charge is 0.0813 e. The number of methoxy groups -OCH3 is 2. The number of furan rings is 2. The van der Waals surface area contributed by atoms with Crippen molar-refractivity contribution in [1.82, 2.24) is 9.97 Å². The van der Waals surface area contributed by atoms with Gasteiger partial charge in [0.25, 0.3) is 0 Å². The van der Waals surface area contributed by atoms with Crippen LogP contribution in [0.25, 0.3) is 76.7 Å². The number of hydrogen-bond acceptors (Lipinski definition) is 6. The van der Waals surface area contributed by atoms with Gasteiger partial charge in [-0.3, -0.25) is 4.98 Å². The molecule has 0 aliphatic rings. The van der Waals surface area contributed by atoms with Gasteiger partial charge in [0.05, 0.1) is 25.5 Å². The molecule has 4 aromatic heterocycles. The number of nitrogens with zero attached hydrogens (tertiary/aromatic N) is 2. The van der Waals surface area contributed by atoms with Gasteiger partial charge < -0.3 is 23.3 Å². The van der Waals surface area contributed by atoms with Crippen LogP contribution in [0, 0.1) is 6.20 Å². The van der Waals surface area contributed by atoms with Crippen LogP contribution in [0.1, 0.15) is 0 Å². The second-order valence-corrected chi connectivity index (χ2v) is 12.1. The summed E-state index contributed by atoms with van der Waals surface area (Å²) in [6, 6.07) is 44.1. The number of fused-ring (bicyclic) bond motifs is 10. The van der Waals surface area contributed by atoms with Crippen LogP contribution in [0.4, 0.5) is 0 Å². The van der Waals surface area contributed by atoms with E-state index in [0.717, 1.165) is 71.5 Å². The van der Waals surface area contributed by atoms with Crippen molar-refractivity contribution in [3.63, 3.8) is 0 Å². The van der Waals surface area contributed by atoms with E-state index in [1.165, 1.54) is 21.7 Å². The van der Waals surface area contributed by atoms with E-state index >= 15 is 0 Å². The summed E-state index contributed by atoms with van der Waals surface area (Å²) in [5.41, 5.74) is 4.99. The second kappa shape index (κ2) is 16.6. The van der Waals surface area contributed by atoms with Gasteiger partial charge in [0.2, 0.25) is 0 Å². The van der Waals surface area contributed by atoms with Crippen LogP contribution in [-0.4, -0.2) is 24.2 Å². The van der Waals surface area contributed by atoms with Crippen molar-refractivity contribution in [3.05, 3.63) is 157 Å². The van der Waals surface area contributed by atoms with Gasteiger partial charge in [-0.1, -0.05) is 90.7 Å². The maximum absolute atomic E-state index is 6.37. The van der Waals surface area contributed by atoms with Gasteiger partial charge in [-0.05, 0) is 59.3 Å². The Morgan fingerprint density at radius 2 is 1.08 bits per heavy atom. The van der Waals surface area contributed by atoms with Gasteiger partial charge in [-0.15, -0.1) is 0 Å². The van der Waals surface area contributed by atoms with E-state index in [1.54, 1.807) is 32.7 Å². The van der Waals surface area contributed by atoms with E-state index < -0.39 is 0 Å². The molecule has 9 heteroatoms. The van der Waals surface area contributed by atoms with E-state index in [4.69, 9.17) is 29.9 Å². The number of ether oxygens (including phenoxy) is 2. The molecular formula is C44H30BrClN2O4Zn. The van der Waals surface area contributed by atoms with Crippen LogP contribution in [0.5, 0.6) is 11.5 Å². The molecule has 6 nitrogen and oxygen atoms in total. The summed E-state index contributed by atoms with van der Waals surface area (Å²) in [5.74, 6) is 1.39. The van der Waals surface area contributed by atoms with Gasteiger partial charge in [-0.2, -0.15) is 18.2 Å². The molecule has 256 valence electrons. The van der Waals surface area contributed by atoms with Crippen molar-refractivity contribution < 1.29 is 34.7 Å². The Morgan fingerprint density at radius 1 is 0.547 bits per heavy atom. The second-order valence-electron chi connectivity index (χ2n) is 11.7. The molecule has 10 rings (SSSR count). The number of hydrogen-bond donors (Lipinski definition) is 0. The van der Waals surface area contributed by atoms with E-state index in [0.29, 0.717) is 16.4 Å². The SMILES string of the molecule is COc1ccc2c(oc3c4ccccc4ccc23)c1-c1ccccn1.COc1ccc2c(oc3c4ccccc4ccc23)c1Cl.[Zn+][Br].[c-]1ccccn1. The molecule has 0 N–H and O–H groups in total. The summed E-state index contributed by atoms with van der Waals surface area (Å²) in [6.07, 6.45) is 6.12. The molecule has 0 saturated carbocycles. The zero-order valence-electron chi connectivity index (χ0n) is 28.8. The molecule has 6 aromatic carbocycles. The van der Waals surface area contributed by atoms with Crippen molar-refractivity contribution in [2.24, 2.45) is 0 Å². The molecule has 0 atom stereocenters. The van der Waals surface area contributed by atoms with Crippen LogP contribution in [0.15, 0.2) is 155 Å². The van der Waals surface area contributed by atoms with Crippen LogP contribution in [0.2, 0.25) is 5.02 Å². The molecule has 4 heterocycles. The molecule has 0 aliphatic carbocycles. The zero-order valence-corrected chi connectivity index (χ0v) is 34.2. The third-order valence-corrected chi connectivity index (χ3v) is 9.16. The van der Waals surface area contributed by atoms with E-state index in [-0.39, 0.29) is 0 Å². The summed E-state index contributed by atoms with van der Waals surface area (Å²) in [4.78, 5) is 8.16. The van der Waals surface area contributed by atoms with E-state index in [2.05, 4.69) is 84.4 Å². The number of pyridine rings is 2. The molecule has 0 fully saturated rings. The Balaban J connectivity index is 0.000000139. The summed E-state index contributed by atoms with van der Waals surface area (Å²) < 4.78 is 23.2. The Kier molecular flexibility index (Phi) is 11.3. The fraction of sp³-hybridized carbons (Fsp3) is 0.0455. The van der Waals surface area contributed by atoms with Crippen molar-refractivity contribution in [2.45, 2.75) is 0 Å². The molecule has 10 aromatic rings. The minimum atomic E-state index is 0.519. The van der Waals surface area contributed by atoms with E-state index in [9.17, 15) is 0 Å². The predicted molar refractivity (Wildman–Crippen MR) is 216 cm³/mol. The Hall–Kier alpha value is -5.27. The van der Waals surface area contributed by atoms with Crippen LogP contribution >= 0.6 is 25.2 Å². The topological polar surface area (TPSA) is 70.5 Å². The molecule has 0 aliphatic heterocycles. The van der Waals surface area contributed by atoms with Crippen LogP contribution in [-0.2, 0) is 16.3 Å². The Labute approximate surface area is 327 Å². The molecule has 0 spiro atoms. The average molecular weight is 831 g/mol. The maximum atomic E-state index is 6.37.